The molecule has 3 aromatic heterocycles. The van der Waals surface area contributed by atoms with E-state index in [1.165, 1.54) is 18.5 Å². The number of rotatable bonds is 5. The second kappa shape index (κ2) is 10.9. The van der Waals surface area contributed by atoms with Crippen LogP contribution in [0.1, 0.15) is 25.7 Å². The van der Waals surface area contributed by atoms with E-state index in [4.69, 9.17) is 14.7 Å². The topological polar surface area (TPSA) is 122 Å². The summed E-state index contributed by atoms with van der Waals surface area (Å²) in [4.78, 5) is 44.4. The fourth-order valence-corrected chi connectivity index (χ4v) is 6.05. The van der Waals surface area contributed by atoms with E-state index in [9.17, 15) is 9.59 Å². The second-order valence-electron chi connectivity index (χ2n) is 10.8. The van der Waals surface area contributed by atoms with E-state index < -0.39 is 0 Å². The molecule has 0 unspecified atom stereocenters. The highest BCUT2D eigenvalue weighted by molar-refractivity contribution is 5.96. The van der Waals surface area contributed by atoms with E-state index in [0.717, 1.165) is 31.6 Å². The maximum atomic E-state index is 13.5. The summed E-state index contributed by atoms with van der Waals surface area (Å²) < 4.78 is 8.95. The van der Waals surface area contributed by atoms with Crippen LogP contribution in [0.3, 0.4) is 0 Å². The highest BCUT2D eigenvalue weighted by Crippen LogP contribution is 2.32. The molecule has 7 rings (SSSR count). The third-order valence-electron chi connectivity index (χ3n) is 8.09. The molecule has 42 heavy (non-hydrogen) atoms. The number of hydrogen-bond donors (Lipinski definition) is 2. The van der Waals surface area contributed by atoms with Crippen LogP contribution in [0.25, 0.3) is 16.9 Å². The van der Waals surface area contributed by atoms with Crippen LogP contribution in [0.15, 0.2) is 59.5 Å². The molecular weight excluding hydrogens is 534 g/mol. The normalized spacial score (nSPS) is 19.2. The number of hydrogen-bond acceptors (Lipinski definition) is 9. The Hall–Kier alpha value is -4.71. The predicted molar refractivity (Wildman–Crippen MR) is 161 cm³/mol. The summed E-state index contributed by atoms with van der Waals surface area (Å²) in [5, 5.41) is 6.98. The fourth-order valence-electron chi connectivity index (χ4n) is 6.05. The van der Waals surface area contributed by atoms with Gasteiger partial charge in [-0.05, 0) is 69.1 Å². The number of aromatic nitrogens is 5. The zero-order valence-electron chi connectivity index (χ0n) is 23.5. The first-order chi connectivity index (χ1) is 20.6. The Morgan fingerprint density at radius 3 is 2.76 bits per heavy atom. The minimum Gasteiger partial charge on any atom is -0.480 e. The summed E-state index contributed by atoms with van der Waals surface area (Å²) in [5.74, 6) is 1.70. The van der Waals surface area contributed by atoms with Crippen molar-refractivity contribution in [2.75, 3.05) is 48.4 Å². The predicted octanol–water partition coefficient (Wildman–Crippen LogP) is 2.98. The van der Waals surface area contributed by atoms with E-state index >= 15 is 0 Å². The van der Waals surface area contributed by atoms with Gasteiger partial charge in [-0.25, -0.2) is 19.3 Å². The molecule has 1 atom stereocenters. The molecule has 3 aliphatic heterocycles. The first-order valence-electron chi connectivity index (χ1n) is 14.5. The smallest absolute Gasteiger partial charge is 0.278 e. The number of ether oxygens (including phenoxy) is 1. The maximum absolute atomic E-state index is 13.5. The van der Waals surface area contributed by atoms with E-state index in [1.807, 2.05) is 31.3 Å². The van der Waals surface area contributed by atoms with Crippen LogP contribution in [0.5, 0.6) is 5.75 Å². The molecule has 0 spiro atoms. The van der Waals surface area contributed by atoms with Gasteiger partial charge < -0.3 is 20.3 Å². The molecule has 1 amide bonds. The number of fused-ring (bicyclic) bond motifs is 5. The molecular formula is C30H33N9O3. The Labute approximate surface area is 242 Å². The zero-order valence-corrected chi connectivity index (χ0v) is 23.5. The second-order valence-corrected chi connectivity index (χ2v) is 10.8. The average Bonchev–Trinajstić information content (AvgIpc) is 3.57. The molecule has 6 heterocycles. The van der Waals surface area contributed by atoms with Crippen LogP contribution >= 0.6 is 0 Å². The van der Waals surface area contributed by atoms with Crippen molar-refractivity contribution in [3.05, 3.63) is 65.1 Å². The van der Waals surface area contributed by atoms with Crippen LogP contribution in [0.4, 0.5) is 23.1 Å². The Kier molecular flexibility index (Phi) is 6.82. The van der Waals surface area contributed by atoms with Crippen molar-refractivity contribution in [3.63, 3.8) is 0 Å². The van der Waals surface area contributed by atoms with Gasteiger partial charge >= 0.3 is 0 Å². The number of nitrogens with one attached hydrogen (secondary N) is 2. The van der Waals surface area contributed by atoms with Crippen molar-refractivity contribution < 1.29 is 9.53 Å². The van der Waals surface area contributed by atoms with Crippen molar-refractivity contribution in [1.29, 1.82) is 0 Å². The SMILES string of the molecule is CNC[C@@H]1CCCN1c1ccc(Nc2ncc3c(=O)n4n(c3n2)-c2ccc3c(n2)N(CCC/C=C\C4)C(=O)CO3)cc1. The third kappa shape index (κ3) is 4.67. The summed E-state index contributed by atoms with van der Waals surface area (Å²) >= 11 is 0. The molecule has 12 nitrogen and oxygen atoms in total. The number of nitrogens with zero attached hydrogens (tertiary/aromatic N) is 7. The van der Waals surface area contributed by atoms with Gasteiger partial charge in [-0.15, -0.1) is 0 Å². The lowest BCUT2D eigenvalue weighted by molar-refractivity contribution is -0.121. The minimum atomic E-state index is -0.215. The summed E-state index contributed by atoms with van der Waals surface area (Å²) in [6.07, 6.45) is 9.49. The maximum Gasteiger partial charge on any atom is 0.278 e. The van der Waals surface area contributed by atoms with Crippen LogP contribution < -0.4 is 30.7 Å². The monoisotopic (exact) mass is 567 g/mol. The lowest BCUT2D eigenvalue weighted by Crippen LogP contribution is -2.40. The lowest BCUT2D eigenvalue weighted by atomic mass is 10.2. The van der Waals surface area contributed by atoms with Crippen molar-refractivity contribution in [1.82, 2.24) is 29.6 Å². The fraction of sp³-hybridized carbons (Fsp3) is 0.367. The van der Waals surface area contributed by atoms with Gasteiger partial charge in [0.25, 0.3) is 11.5 Å². The molecule has 4 aromatic rings. The van der Waals surface area contributed by atoms with Gasteiger partial charge in [0.1, 0.15) is 5.39 Å². The molecule has 3 aliphatic rings. The summed E-state index contributed by atoms with van der Waals surface area (Å²) in [6.45, 7) is 2.89. The number of amides is 1. The summed E-state index contributed by atoms with van der Waals surface area (Å²) in [6, 6.07) is 12.4. The van der Waals surface area contributed by atoms with E-state index in [-0.39, 0.29) is 18.1 Å². The van der Waals surface area contributed by atoms with Crippen molar-refractivity contribution in [3.8, 4) is 11.6 Å². The molecule has 12 heteroatoms. The van der Waals surface area contributed by atoms with E-state index in [2.05, 4.69) is 32.7 Å². The number of likely N-dealkylation sites (N-methyl/N-ethyl adjacent to an activating group) is 1. The molecule has 0 radical (unpaired) electrons. The number of benzene rings is 1. The molecule has 0 aliphatic carbocycles. The van der Waals surface area contributed by atoms with Crippen LogP contribution in [0.2, 0.25) is 0 Å². The van der Waals surface area contributed by atoms with Gasteiger partial charge in [0.2, 0.25) is 5.95 Å². The lowest BCUT2D eigenvalue weighted by Gasteiger charge is -2.28. The highest BCUT2D eigenvalue weighted by atomic mass is 16.5. The largest absolute Gasteiger partial charge is 0.480 e. The van der Waals surface area contributed by atoms with Gasteiger partial charge in [-0.1, -0.05) is 12.2 Å². The molecule has 1 aromatic carbocycles. The number of carbonyl (C=O) groups excluding carboxylic acids is 1. The Balaban J connectivity index is 1.26. The third-order valence-corrected chi connectivity index (χ3v) is 8.09. The number of carbonyl (C=O) groups is 1. The van der Waals surface area contributed by atoms with Gasteiger partial charge in [-0.3, -0.25) is 14.5 Å². The van der Waals surface area contributed by atoms with Crippen molar-refractivity contribution in [2.45, 2.75) is 38.3 Å². The summed E-state index contributed by atoms with van der Waals surface area (Å²) in [7, 11) is 1.99. The van der Waals surface area contributed by atoms with E-state index in [1.54, 1.807) is 32.6 Å². The quantitative estimate of drug-likeness (QED) is 0.351. The van der Waals surface area contributed by atoms with Gasteiger partial charge in [0.05, 0.1) is 6.54 Å². The van der Waals surface area contributed by atoms with Gasteiger partial charge in [0, 0.05) is 43.2 Å². The molecule has 1 fully saturated rings. The Bertz CT molecular complexity index is 1730. The van der Waals surface area contributed by atoms with Gasteiger partial charge in [-0.2, -0.15) is 4.98 Å². The molecule has 0 saturated carbocycles. The van der Waals surface area contributed by atoms with Crippen LogP contribution in [-0.2, 0) is 11.3 Å². The number of anilines is 4. The summed E-state index contributed by atoms with van der Waals surface area (Å²) in [5.41, 5.74) is 2.25. The van der Waals surface area contributed by atoms with Crippen molar-refractivity contribution in [2.24, 2.45) is 0 Å². The molecule has 216 valence electrons. The Morgan fingerprint density at radius 2 is 1.90 bits per heavy atom. The minimum absolute atomic E-state index is 0.0151. The highest BCUT2D eigenvalue weighted by Gasteiger charge is 2.29. The number of allylic oxidation sites excluding steroid dienone is 2. The standard InChI is InChI=1S/C30H33N9O3/c1-31-17-22-7-6-15-36(22)21-10-8-20(9-11-21)33-30-32-18-23-27(35-30)39-25-13-12-24-28(34-25)37(26(40)19-42-24)14-4-2-3-5-16-38(39)29(23)41/h3,5,8-13,18,22,31H,2,4,6-7,14-17,19H2,1H3,(H,32,33,35)/b5-3-/t22-/m0/s1. The van der Waals surface area contributed by atoms with Crippen LogP contribution in [-0.4, -0.2) is 69.6 Å². The molecule has 2 N–H and O–H groups in total. The molecule has 2 bridgehead atoms. The Morgan fingerprint density at radius 1 is 1.02 bits per heavy atom. The first-order valence-corrected chi connectivity index (χ1v) is 14.5. The average molecular weight is 568 g/mol. The van der Waals surface area contributed by atoms with Gasteiger partial charge in [0.15, 0.2) is 29.6 Å². The van der Waals surface area contributed by atoms with E-state index in [0.29, 0.717) is 53.5 Å². The molecule has 1 saturated heterocycles. The van der Waals surface area contributed by atoms with Crippen molar-refractivity contribution >= 4 is 40.1 Å². The number of pyridine rings is 1. The van der Waals surface area contributed by atoms with Crippen LogP contribution in [0, 0.1) is 0 Å². The first kappa shape index (κ1) is 26.2. The zero-order chi connectivity index (χ0) is 28.6.